The number of benzene rings is 3. The van der Waals surface area contributed by atoms with E-state index in [1.54, 1.807) is 11.8 Å². The second kappa shape index (κ2) is 12.0. The maximum atomic E-state index is 13.8. The van der Waals surface area contributed by atoms with Crippen molar-refractivity contribution in [2.45, 2.75) is 57.1 Å². The second-order valence-electron chi connectivity index (χ2n) is 9.48. The fraction of sp³-hybridized carbons (Fsp3) is 0.310. The number of nitrogens with one attached hydrogen (secondary N) is 1. The Labute approximate surface area is 209 Å². The summed E-state index contributed by atoms with van der Waals surface area (Å²) in [6, 6.07) is 29.9. The monoisotopic (exact) mass is 522 g/mol. The van der Waals surface area contributed by atoms with Gasteiger partial charge in [0.25, 0.3) is 0 Å². The second-order valence-corrected chi connectivity index (χ2v) is 12.2. The van der Waals surface area contributed by atoms with Gasteiger partial charge in [-0.15, -0.1) is 0 Å². The molecule has 0 aliphatic heterocycles. The molecule has 34 heavy (non-hydrogen) atoms. The maximum absolute atomic E-state index is 13.8. The van der Waals surface area contributed by atoms with Crippen LogP contribution in [0.2, 0.25) is 4.82 Å². The fourth-order valence-corrected chi connectivity index (χ4v) is 6.69. The summed E-state index contributed by atoms with van der Waals surface area (Å²) >= 11 is -0.0264. The van der Waals surface area contributed by atoms with Crippen LogP contribution >= 0.6 is 0 Å². The molecule has 178 valence electrons. The standard InChI is InChI=1S/C29H34N2O2Se/c1-22(32)31(21-24-16-10-6-11-17-24)27(28(33)30-29(2,3)4)26(20-23-14-8-5-9-15-23)34-25-18-12-7-13-19-25/h5-19,26-27H,20-21H2,1-4H3,(H,30,33)/t26-,27?/m0/s1. The normalized spacial score (nSPS) is 13.1. The number of rotatable bonds is 9. The quantitative estimate of drug-likeness (QED) is 0.425. The minimum atomic E-state index is -0.586. The predicted octanol–water partition coefficient (Wildman–Crippen LogP) is 4.38. The first-order valence-electron chi connectivity index (χ1n) is 11.6. The van der Waals surface area contributed by atoms with E-state index < -0.39 is 11.6 Å². The number of hydrogen-bond acceptors (Lipinski definition) is 2. The van der Waals surface area contributed by atoms with Gasteiger partial charge in [-0.2, -0.15) is 0 Å². The Hall–Kier alpha value is -2.88. The molecule has 2 atom stereocenters. The average molecular weight is 522 g/mol. The third-order valence-corrected chi connectivity index (χ3v) is 8.03. The van der Waals surface area contributed by atoms with E-state index in [2.05, 4.69) is 29.6 Å². The molecule has 3 aromatic rings. The molecule has 0 aliphatic rings. The van der Waals surface area contributed by atoms with Crippen LogP contribution in [0.1, 0.15) is 38.8 Å². The van der Waals surface area contributed by atoms with E-state index >= 15 is 0 Å². The van der Waals surface area contributed by atoms with Crippen molar-refractivity contribution in [1.82, 2.24) is 10.2 Å². The van der Waals surface area contributed by atoms with E-state index in [4.69, 9.17) is 0 Å². The molecule has 0 radical (unpaired) electrons. The van der Waals surface area contributed by atoms with Gasteiger partial charge in [-0.3, -0.25) is 0 Å². The zero-order valence-electron chi connectivity index (χ0n) is 20.4. The van der Waals surface area contributed by atoms with E-state index in [0.29, 0.717) is 6.54 Å². The van der Waals surface area contributed by atoms with Gasteiger partial charge in [0.05, 0.1) is 0 Å². The molecule has 1 unspecified atom stereocenters. The van der Waals surface area contributed by atoms with E-state index in [9.17, 15) is 9.59 Å². The molecule has 0 aromatic heterocycles. The molecular formula is C29H34N2O2Se. The van der Waals surface area contributed by atoms with Crippen LogP contribution in [0.3, 0.4) is 0 Å². The summed E-state index contributed by atoms with van der Waals surface area (Å²) in [7, 11) is 0. The molecule has 1 N–H and O–H groups in total. The molecule has 0 heterocycles. The Balaban J connectivity index is 2.04. The minimum absolute atomic E-state index is 0.0264. The molecule has 5 heteroatoms. The van der Waals surface area contributed by atoms with Crippen LogP contribution in [0.15, 0.2) is 91.0 Å². The number of nitrogens with zero attached hydrogens (tertiary/aromatic N) is 1. The zero-order valence-corrected chi connectivity index (χ0v) is 22.1. The summed E-state index contributed by atoms with van der Waals surface area (Å²) in [4.78, 5) is 28.6. The van der Waals surface area contributed by atoms with Crippen LogP contribution in [0, 0.1) is 0 Å². The first kappa shape index (κ1) is 25.7. The average Bonchev–Trinajstić information content (AvgIpc) is 2.79. The molecule has 2 amide bonds. The molecule has 3 aromatic carbocycles. The van der Waals surface area contributed by atoms with Gasteiger partial charge in [-0.25, -0.2) is 0 Å². The molecule has 0 bridgehead atoms. The van der Waals surface area contributed by atoms with E-state index in [-0.39, 0.29) is 31.6 Å². The van der Waals surface area contributed by atoms with Gasteiger partial charge in [0, 0.05) is 0 Å². The van der Waals surface area contributed by atoms with Crippen LogP contribution in [-0.2, 0) is 22.6 Å². The van der Waals surface area contributed by atoms with E-state index in [0.717, 1.165) is 12.0 Å². The molecular weight excluding hydrogens is 487 g/mol. The summed E-state index contributed by atoms with van der Waals surface area (Å²) in [5, 5.41) is 3.17. The van der Waals surface area contributed by atoms with Gasteiger partial charge in [-0.05, 0) is 0 Å². The van der Waals surface area contributed by atoms with Gasteiger partial charge in [-0.1, -0.05) is 0 Å². The Morgan fingerprint density at radius 3 is 1.82 bits per heavy atom. The van der Waals surface area contributed by atoms with Gasteiger partial charge >= 0.3 is 210 Å². The third-order valence-electron chi connectivity index (χ3n) is 5.37. The van der Waals surface area contributed by atoms with Crippen molar-refractivity contribution in [3.63, 3.8) is 0 Å². The molecule has 0 spiro atoms. The van der Waals surface area contributed by atoms with Gasteiger partial charge < -0.3 is 0 Å². The topological polar surface area (TPSA) is 49.4 Å². The summed E-state index contributed by atoms with van der Waals surface area (Å²) in [5.41, 5.74) is 1.78. The van der Waals surface area contributed by atoms with Crippen LogP contribution in [0.25, 0.3) is 0 Å². The van der Waals surface area contributed by atoms with Gasteiger partial charge in [0.15, 0.2) is 0 Å². The SMILES string of the molecule is CC(=O)N(Cc1ccccc1)C(C(=O)NC(C)(C)C)[C@H](Cc1ccccc1)[Se]c1ccccc1. The third kappa shape index (κ3) is 7.86. The predicted molar refractivity (Wildman–Crippen MR) is 140 cm³/mol. The van der Waals surface area contributed by atoms with Crippen LogP contribution < -0.4 is 9.78 Å². The van der Waals surface area contributed by atoms with Crippen LogP contribution in [-0.4, -0.2) is 43.3 Å². The van der Waals surface area contributed by atoms with Crippen LogP contribution in [0.4, 0.5) is 0 Å². The molecule has 0 saturated carbocycles. The summed E-state index contributed by atoms with van der Waals surface area (Å²) < 4.78 is 1.22. The van der Waals surface area contributed by atoms with Crippen molar-refractivity contribution < 1.29 is 9.59 Å². The van der Waals surface area contributed by atoms with E-state index in [1.165, 1.54) is 10.0 Å². The summed E-state index contributed by atoms with van der Waals surface area (Å²) in [5.74, 6) is -0.197. The van der Waals surface area contributed by atoms with Crippen molar-refractivity contribution in [2.24, 2.45) is 0 Å². The Kier molecular flexibility index (Phi) is 9.09. The number of carbonyl (C=O) groups is 2. The summed E-state index contributed by atoms with van der Waals surface area (Å²) in [6.07, 6.45) is 0.719. The van der Waals surface area contributed by atoms with E-state index in [1.807, 2.05) is 87.5 Å². The number of carbonyl (C=O) groups excluding carboxylic acids is 2. The van der Waals surface area contributed by atoms with Crippen molar-refractivity contribution >= 4 is 31.2 Å². The van der Waals surface area contributed by atoms with Crippen molar-refractivity contribution in [3.05, 3.63) is 102 Å². The fourth-order valence-electron chi connectivity index (χ4n) is 3.88. The van der Waals surface area contributed by atoms with Crippen molar-refractivity contribution in [3.8, 4) is 0 Å². The van der Waals surface area contributed by atoms with Gasteiger partial charge in [0.2, 0.25) is 0 Å². The first-order chi connectivity index (χ1) is 16.2. The van der Waals surface area contributed by atoms with Crippen molar-refractivity contribution in [1.29, 1.82) is 0 Å². The Morgan fingerprint density at radius 1 is 0.824 bits per heavy atom. The number of hydrogen-bond donors (Lipinski definition) is 1. The molecule has 3 rings (SSSR count). The molecule has 0 fully saturated rings. The number of amides is 2. The van der Waals surface area contributed by atoms with Crippen LogP contribution in [0.5, 0.6) is 0 Å². The Bertz CT molecular complexity index is 1010. The molecule has 0 aliphatic carbocycles. The molecule has 4 nitrogen and oxygen atoms in total. The van der Waals surface area contributed by atoms with Crippen molar-refractivity contribution in [2.75, 3.05) is 0 Å². The molecule has 0 saturated heterocycles. The zero-order chi connectivity index (χ0) is 24.6. The first-order valence-corrected chi connectivity index (χ1v) is 13.5. The Morgan fingerprint density at radius 2 is 1.32 bits per heavy atom. The van der Waals surface area contributed by atoms with Gasteiger partial charge in [0.1, 0.15) is 0 Å². The summed E-state index contributed by atoms with van der Waals surface area (Å²) in [6.45, 7) is 7.90.